The highest BCUT2D eigenvalue weighted by atomic mass is 32.2. The highest BCUT2D eigenvalue weighted by Gasteiger charge is 2.53. The lowest BCUT2D eigenvalue weighted by molar-refractivity contribution is -0.167. The molecule has 0 bridgehead atoms. The fourth-order valence-electron chi connectivity index (χ4n) is 4.03. The van der Waals surface area contributed by atoms with E-state index in [9.17, 15) is 24.3 Å². The van der Waals surface area contributed by atoms with E-state index >= 15 is 0 Å². The third-order valence-corrected chi connectivity index (χ3v) is 6.97. The molecule has 3 aliphatic heterocycles. The molecule has 3 unspecified atom stereocenters. The van der Waals surface area contributed by atoms with Gasteiger partial charge in [-0.15, -0.1) is 16.8 Å². The average molecular weight is 442 g/mol. The minimum atomic E-state index is -1.18. The lowest BCUT2D eigenvalue weighted by Gasteiger charge is -2.49. The molecule has 0 aromatic heterocycles. The second-order valence-electron chi connectivity index (χ2n) is 7.74. The molecule has 3 aliphatic rings. The first kappa shape index (κ1) is 21.3. The summed E-state index contributed by atoms with van der Waals surface area (Å²) in [6, 6.07) is 9.05. The molecule has 0 saturated carbocycles. The Morgan fingerprint density at radius 1 is 1.26 bits per heavy atom. The fourth-order valence-corrected chi connectivity index (χ4v) is 5.41. The van der Waals surface area contributed by atoms with Crippen LogP contribution in [0.4, 0.5) is 0 Å². The predicted molar refractivity (Wildman–Crippen MR) is 112 cm³/mol. The molecule has 1 amide bonds. The van der Waals surface area contributed by atoms with Gasteiger partial charge in [-0.3, -0.25) is 19.3 Å². The summed E-state index contributed by atoms with van der Waals surface area (Å²) in [7, 11) is 1.63. The zero-order chi connectivity index (χ0) is 22.1. The first-order valence-corrected chi connectivity index (χ1v) is 11.0. The third-order valence-electron chi connectivity index (χ3n) is 5.61. The Hall–Kier alpha value is -2.91. The van der Waals surface area contributed by atoms with Gasteiger partial charge >= 0.3 is 11.9 Å². The number of allylic oxidation sites excluding steroid dienone is 1. The maximum atomic E-state index is 12.8. The molecule has 0 radical (unpaired) electrons. The first-order chi connectivity index (χ1) is 14.8. The number of carbonyl (C=O) groups excluding carboxylic acids is 3. The van der Waals surface area contributed by atoms with Gasteiger partial charge in [0.15, 0.2) is 0 Å². The van der Waals surface area contributed by atoms with Gasteiger partial charge in [-0.25, -0.2) is 4.79 Å². The summed E-state index contributed by atoms with van der Waals surface area (Å²) in [5, 5.41) is 10.8. The molecule has 9 heteroatoms. The number of likely N-dealkylation sites (N-methyl/N-ethyl adjacent to an activating group) is 1. The smallest absolute Gasteiger partial charge is 0.352 e. The quantitative estimate of drug-likeness (QED) is 0.638. The molecule has 162 valence electrons. The van der Waals surface area contributed by atoms with Crippen molar-refractivity contribution in [3.63, 3.8) is 0 Å². The number of ketones is 1. The Morgan fingerprint density at radius 2 is 2.00 bits per heavy atom. The standard InChI is InChI=1S/C22H22N2O6S/c1-23-15(10-18(26)30-23)8-7-14-12-31-21-17(20(27)24(21)19(14)22(28)29)11-16(25)9-13-5-3-2-4-6-13/h2-8,15,17,21H,9-12H2,1H3,(H,28,29)/b8-7+. The van der Waals surface area contributed by atoms with Crippen LogP contribution in [0.15, 0.2) is 53.8 Å². The lowest BCUT2D eigenvalue weighted by atomic mass is 9.89. The van der Waals surface area contributed by atoms with Crippen LogP contribution in [-0.4, -0.2) is 62.9 Å². The topological polar surface area (TPSA) is 104 Å². The van der Waals surface area contributed by atoms with E-state index in [2.05, 4.69) is 0 Å². The Bertz CT molecular complexity index is 989. The number of fused-ring (bicyclic) bond motifs is 1. The first-order valence-electron chi connectivity index (χ1n) is 9.93. The van der Waals surface area contributed by atoms with Crippen LogP contribution < -0.4 is 0 Å². The third kappa shape index (κ3) is 4.28. The van der Waals surface area contributed by atoms with E-state index < -0.39 is 11.9 Å². The van der Waals surface area contributed by atoms with Crippen LogP contribution in [0.1, 0.15) is 18.4 Å². The Labute approximate surface area is 183 Å². The summed E-state index contributed by atoms with van der Waals surface area (Å²) < 4.78 is 0. The van der Waals surface area contributed by atoms with Crippen molar-refractivity contribution in [2.75, 3.05) is 12.8 Å². The number of benzene rings is 1. The van der Waals surface area contributed by atoms with Crippen molar-refractivity contribution in [3.05, 3.63) is 59.3 Å². The molecule has 8 nitrogen and oxygen atoms in total. The van der Waals surface area contributed by atoms with E-state index in [0.717, 1.165) is 5.56 Å². The molecular weight excluding hydrogens is 420 g/mol. The number of rotatable bonds is 7. The number of hydrogen-bond donors (Lipinski definition) is 1. The second kappa shape index (κ2) is 8.68. The van der Waals surface area contributed by atoms with Crippen LogP contribution in [-0.2, 0) is 30.4 Å². The van der Waals surface area contributed by atoms with E-state index in [1.54, 1.807) is 19.2 Å². The Morgan fingerprint density at radius 3 is 2.65 bits per heavy atom. The molecule has 2 saturated heterocycles. The molecular formula is C22H22N2O6S. The van der Waals surface area contributed by atoms with Crippen molar-refractivity contribution in [3.8, 4) is 0 Å². The van der Waals surface area contributed by atoms with Crippen LogP contribution >= 0.6 is 11.8 Å². The summed E-state index contributed by atoms with van der Waals surface area (Å²) in [6.07, 6.45) is 3.92. The molecule has 3 atom stereocenters. The molecule has 3 heterocycles. The zero-order valence-corrected chi connectivity index (χ0v) is 17.7. The van der Waals surface area contributed by atoms with Crippen LogP contribution in [0.2, 0.25) is 0 Å². The van der Waals surface area contributed by atoms with E-state index in [1.165, 1.54) is 21.7 Å². The molecule has 1 aromatic rings. The number of nitrogens with zero attached hydrogens (tertiary/aromatic N) is 2. The van der Waals surface area contributed by atoms with Gasteiger partial charge in [0.05, 0.1) is 23.8 Å². The van der Waals surface area contributed by atoms with Gasteiger partial charge in [-0.05, 0) is 11.1 Å². The molecule has 0 aliphatic carbocycles. The molecule has 2 fully saturated rings. The largest absolute Gasteiger partial charge is 0.477 e. The normalized spacial score (nSPS) is 26.1. The number of β-lactam (4-membered cyclic amide) rings is 1. The number of amides is 1. The SMILES string of the molecule is CN1OC(=O)CC1/C=C/C1=C(C(=O)O)N2C(=O)C(CC(=O)Cc3ccccc3)C2SC1. The highest BCUT2D eigenvalue weighted by Crippen LogP contribution is 2.45. The van der Waals surface area contributed by atoms with Gasteiger partial charge in [0.1, 0.15) is 11.5 Å². The highest BCUT2D eigenvalue weighted by molar-refractivity contribution is 8.00. The molecule has 0 spiro atoms. The average Bonchev–Trinajstić information content (AvgIpc) is 3.07. The summed E-state index contributed by atoms with van der Waals surface area (Å²) in [4.78, 5) is 54.8. The lowest BCUT2D eigenvalue weighted by Crippen LogP contribution is -2.61. The fraction of sp³-hybridized carbons (Fsp3) is 0.364. The Balaban J connectivity index is 1.46. The van der Waals surface area contributed by atoms with Gasteiger partial charge in [-0.2, -0.15) is 0 Å². The number of hydroxylamine groups is 2. The van der Waals surface area contributed by atoms with E-state index in [0.29, 0.717) is 11.3 Å². The molecule has 1 N–H and O–H groups in total. The summed E-state index contributed by atoms with van der Waals surface area (Å²) in [5.74, 6) is -2.00. The minimum Gasteiger partial charge on any atom is -0.477 e. The molecule has 4 rings (SSSR count). The number of aliphatic carboxylic acids is 1. The predicted octanol–water partition coefficient (Wildman–Crippen LogP) is 1.78. The Kier molecular flexibility index (Phi) is 5.97. The second-order valence-corrected chi connectivity index (χ2v) is 8.85. The maximum Gasteiger partial charge on any atom is 0.352 e. The van der Waals surface area contributed by atoms with Gasteiger partial charge in [0, 0.05) is 25.6 Å². The van der Waals surface area contributed by atoms with Crippen LogP contribution in [0, 0.1) is 5.92 Å². The van der Waals surface area contributed by atoms with Crippen LogP contribution in [0.3, 0.4) is 0 Å². The monoisotopic (exact) mass is 442 g/mol. The van der Waals surface area contributed by atoms with Gasteiger partial charge in [-0.1, -0.05) is 42.5 Å². The summed E-state index contributed by atoms with van der Waals surface area (Å²) in [5.41, 5.74) is 1.35. The van der Waals surface area contributed by atoms with E-state index in [4.69, 9.17) is 4.84 Å². The van der Waals surface area contributed by atoms with Gasteiger partial charge in [0.25, 0.3) is 0 Å². The van der Waals surface area contributed by atoms with Gasteiger partial charge in [0.2, 0.25) is 5.91 Å². The number of carbonyl (C=O) groups is 4. The van der Waals surface area contributed by atoms with Crippen molar-refractivity contribution in [1.82, 2.24) is 9.96 Å². The number of hydrogen-bond acceptors (Lipinski definition) is 7. The zero-order valence-electron chi connectivity index (χ0n) is 16.9. The summed E-state index contributed by atoms with van der Waals surface area (Å²) in [6.45, 7) is 0. The summed E-state index contributed by atoms with van der Waals surface area (Å²) >= 11 is 1.45. The molecule has 1 aromatic carbocycles. The van der Waals surface area contributed by atoms with E-state index in [1.807, 2.05) is 30.3 Å². The number of thioether (sulfide) groups is 1. The van der Waals surface area contributed by atoms with E-state index in [-0.39, 0.29) is 54.0 Å². The number of carboxylic acid groups (broad SMARTS) is 1. The molecule has 31 heavy (non-hydrogen) atoms. The number of Topliss-reactive ketones (excluding diaryl/α,β-unsaturated/α-hetero) is 1. The van der Waals surface area contributed by atoms with Crippen molar-refractivity contribution < 1.29 is 29.1 Å². The van der Waals surface area contributed by atoms with Crippen LogP contribution in [0.5, 0.6) is 0 Å². The van der Waals surface area contributed by atoms with Gasteiger partial charge < -0.3 is 9.94 Å². The minimum absolute atomic E-state index is 0.0368. The van der Waals surface area contributed by atoms with Crippen molar-refractivity contribution in [1.29, 1.82) is 0 Å². The van der Waals surface area contributed by atoms with Crippen molar-refractivity contribution in [2.24, 2.45) is 5.92 Å². The number of carboxylic acids is 1. The van der Waals surface area contributed by atoms with Crippen LogP contribution in [0.25, 0.3) is 0 Å². The van der Waals surface area contributed by atoms with Crippen molar-refractivity contribution >= 4 is 35.4 Å². The van der Waals surface area contributed by atoms with Crippen molar-refractivity contribution in [2.45, 2.75) is 30.7 Å². The maximum absolute atomic E-state index is 12.8.